The third-order valence-electron chi connectivity index (χ3n) is 6.03. The molecular formula is C25H28N4O5. The molecule has 0 spiro atoms. The van der Waals surface area contributed by atoms with Gasteiger partial charge in [-0.15, -0.1) is 0 Å². The normalized spacial score (nSPS) is 13.6. The highest BCUT2D eigenvalue weighted by atomic mass is 16.5. The number of ether oxygens (including phenoxy) is 2. The van der Waals surface area contributed by atoms with Crippen molar-refractivity contribution in [3.05, 3.63) is 58.1 Å². The number of carbonyl (C=O) groups is 2. The van der Waals surface area contributed by atoms with Crippen LogP contribution >= 0.6 is 0 Å². The smallest absolute Gasteiger partial charge is 0.261 e. The molecule has 0 aliphatic carbocycles. The van der Waals surface area contributed by atoms with E-state index in [4.69, 9.17) is 9.47 Å². The fourth-order valence-electron chi connectivity index (χ4n) is 4.23. The summed E-state index contributed by atoms with van der Waals surface area (Å²) >= 11 is 0. The molecule has 0 saturated carbocycles. The molecule has 1 saturated heterocycles. The second kappa shape index (κ2) is 9.94. The quantitative estimate of drug-likeness (QED) is 0.602. The molecule has 9 heteroatoms. The van der Waals surface area contributed by atoms with Crippen LogP contribution < -0.4 is 20.3 Å². The lowest BCUT2D eigenvalue weighted by Crippen LogP contribution is -2.36. The van der Waals surface area contributed by atoms with Crippen LogP contribution in [0.15, 0.2) is 41.2 Å². The van der Waals surface area contributed by atoms with E-state index in [0.717, 1.165) is 19.3 Å². The molecule has 3 aromatic rings. The second-order valence-electron chi connectivity index (χ2n) is 8.22. The highest BCUT2D eigenvalue weighted by molar-refractivity contribution is 6.04. The number of aryl methyl sites for hydroxylation is 1. The van der Waals surface area contributed by atoms with Crippen LogP contribution in [0.2, 0.25) is 0 Å². The van der Waals surface area contributed by atoms with Crippen LogP contribution in [0.4, 0.5) is 5.69 Å². The molecule has 1 aromatic heterocycles. The Labute approximate surface area is 197 Å². The summed E-state index contributed by atoms with van der Waals surface area (Å²) in [5.74, 6) is 0.565. The van der Waals surface area contributed by atoms with E-state index in [1.54, 1.807) is 42.2 Å². The number of fused-ring (bicyclic) bond motifs is 1. The zero-order valence-electron chi connectivity index (χ0n) is 19.6. The fourth-order valence-corrected chi connectivity index (χ4v) is 4.23. The molecule has 2 heterocycles. The number of nitrogens with one attached hydrogen (secondary N) is 1. The number of hydrogen-bond donors (Lipinski definition) is 1. The predicted octanol–water partition coefficient (Wildman–Crippen LogP) is 2.99. The molecule has 1 aliphatic heterocycles. The van der Waals surface area contributed by atoms with E-state index in [0.29, 0.717) is 52.6 Å². The van der Waals surface area contributed by atoms with Gasteiger partial charge in [0, 0.05) is 19.2 Å². The van der Waals surface area contributed by atoms with Crippen LogP contribution in [-0.4, -0.2) is 53.6 Å². The van der Waals surface area contributed by atoms with Crippen LogP contribution in [0.5, 0.6) is 11.5 Å². The summed E-state index contributed by atoms with van der Waals surface area (Å²) in [6, 6.07) is 10.2. The Morgan fingerprint density at radius 1 is 1.03 bits per heavy atom. The number of hydrogen-bond acceptors (Lipinski definition) is 6. The standard InChI is InChI=1S/C25H28N4O5/c1-16-26-19-10-6-5-9-17(19)25(32)29(16)15-23(30)27-20-14-22(34-3)21(33-2)13-18(20)24(31)28-11-7-4-8-12-28/h5-6,9-10,13-14H,4,7-8,11-12,15H2,1-3H3,(H,27,30). The number of rotatable bonds is 6. The van der Waals surface area contributed by atoms with Gasteiger partial charge in [-0.1, -0.05) is 12.1 Å². The molecule has 1 fully saturated rings. The summed E-state index contributed by atoms with van der Waals surface area (Å²) in [6.07, 6.45) is 2.98. The molecule has 9 nitrogen and oxygen atoms in total. The van der Waals surface area contributed by atoms with Crippen LogP contribution in [-0.2, 0) is 11.3 Å². The number of likely N-dealkylation sites (tertiary alicyclic amines) is 1. The van der Waals surface area contributed by atoms with Crippen molar-refractivity contribution >= 4 is 28.4 Å². The van der Waals surface area contributed by atoms with Crippen molar-refractivity contribution in [3.8, 4) is 11.5 Å². The van der Waals surface area contributed by atoms with Gasteiger partial charge >= 0.3 is 0 Å². The first-order valence-corrected chi connectivity index (χ1v) is 11.2. The van der Waals surface area contributed by atoms with Gasteiger partial charge in [0.1, 0.15) is 12.4 Å². The monoisotopic (exact) mass is 464 g/mol. The Hall–Kier alpha value is -3.88. The number of aromatic nitrogens is 2. The lowest BCUT2D eigenvalue weighted by molar-refractivity contribution is -0.116. The highest BCUT2D eigenvalue weighted by Crippen LogP contribution is 2.34. The number of methoxy groups -OCH3 is 2. The Morgan fingerprint density at radius 2 is 1.71 bits per heavy atom. The van der Waals surface area contributed by atoms with Crippen molar-refractivity contribution in [1.82, 2.24) is 14.5 Å². The van der Waals surface area contributed by atoms with Gasteiger partial charge in [0.05, 0.1) is 36.4 Å². The minimum absolute atomic E-state index is 0.184. The molecule has 34 heavy (non-hydrogen) atoms. The van der Waals surface area contributed by atoms with E-state index in [2.05, 4.69) is 10.3 Å². The van der Waals surface area contributed by atoms with Gasteiger partial charge in [-0.25, -0.2) is 4.98 Å². The number of carbonyl (C=O) groups excluding carboxylic acids is 2. The summed E-state index contributed by atoms with van der Waals surface area (Å²) in [4.78, 5) is 45.5. The molecular weight excluding hydrogens is 436 g/mol. The lowest BCUT2D eigenvalue weighted by Gasteiger charge is -2.28. The number of nitrogens with zero attached hydrogens (tertiary/aromatic N) is 3. The molecule has 0 atom stereocenters. The third-order valence-corrected chi connectivity index (χ3v) is 6.03. The Balaban J connectivity index is 1.66. The average molecular weight is 465 g/mol. The first-order valence-electron chi connectivity index (χ1n) is 11.2. The van der Waals surface area contributed by atoms with Gasteiger partial charge in [0.2, 0.25) is 5.91 Å². The van der Waals surface area contributed by atoms with Gasteiger partial charge in [-0.05, 0) is 44.4 Å². The first-order chi connectivity index (χ1) is 16.4. The van der Waals surface area contributed by atoms with Gasteiger partial charge in [0.25, 0.3) is 11.5 Å². The molecule has 178 valence electrons. The summed E-state index contributed by atoms with van der Waals surface area (Å²) in [6.45, 7) is 2.77. The molecule has 2 amide bonds. The van der Waals surface area contributed by atoms with Crippen molar-refractivity contribution in [3.63, 3.8) is 0 Å². The van der Waals surface area contributed by atoms with Crippen LogP contribution in [0, 0.1) is 6.92 Å². The minimum Gasteiger partial charge on any atom is -0.493 e. The van der Waals surface area contributed by atoms with E-state index in [1.807, 2.05) is 6.07 Å². The van der Waals surface area contributed by atoms with Crippen molar-refractivity contribution in [2.24, 2.45) is 0 Å². The largest absolute Gasteiger partial charge is 0.493 e. The van der Waals surface area contributed by atoms with Gasteiger partial charge in [0.15, 0.2) is 11.5 Å². The summed E-state index contributed by atoms with van der Waals surface area (Å²) in [7, 11) is 2.98. The number of piperidine rings is 1. The van der Waals surface area contributed by atoms with E-state index < -0.39 is 5.91 Å². The van der Waals surface area contributed by atoms with E-state index >= 15 is 0 Å². The van der Waals surface area contributed by atoms with E-state index in [-0.39, 0.29) is 18.0 Å². The maximum Gasteiger partial charge on any atom is 0.261 e. The molecule has 0 unspecified atom stereocenters. The van der Waals surface area contributed by atoms with E-state index in [9.17, 15) is 14.4 Å². The Bertz CT molecular complexity index is 1290. The van der Waals surface area contributed by atoms with Crippen molar-refractivity contribution in [2.75, 3.05) is 32.6 Å². The van der Waals surface area contributed by atoms with Gasteiger partial charge < -0.3 is 19.7 Å². The molecule has 0 bridgehead atoms. The number of anilines is 1. The van der Waals surface area contributed by atoms with Gasteiger partial charge in [-0.2, -0.15) is 0 Å². The lowest BCUT2D eigenvalue weighted by atomic mass is 10.1. The maximum absolute atomic E-state index is 13.3. The van der Waals surface area contributed by atoms with Crippen molar-refractivity contribution in [1.29, 1.82) is 0 Å². The van der Waals surface area contributed by atoms with Crippen molar-refractivity contribution in [2.45, 2.75) is 32.7 Å². The summed E-state index contributed by atoms with van der Waals surface area (Å²) in [5, 5.41) is 3.24. The zero-order valence-corrected chi connectivity index (χ0v) is 19.6. The zero-order chi connectivity index (χ0) is 24.2. The Morgan fingerprint density at radius 3 is 2.41 bits per heavy atom. The SMILES string of the molecule is COc1cc(NC(=O)Cn2c(C)nc3ccccc3c2=O)c(C(=O)N2CCCCC2)cc1OC. The minimum atomic E-state index is -0.456. The van der Waals surface area contributed by atoms with E-state index in [1.165, 1.54) is 18.8 Å². The third kappa shape index (κ3) is 4.59. The predicted molar refractivity (Wildman–Crippen MR) is 129 cm³/mol. The highest BCUT2D eigenvalue weighted by Gasteiger charge is 2.24. The molecule has 4 rings (SSSR count). The Kier molecular flexibility index (Phi) is 6.81. The topological polar surface area (TPSA) is 103 Å². The van der Waals surface area contributed by atoms with Crippen molar-refractivity contribution < 1.29 is 19.1 Å². The second-order valence-corrected chi connectivity index (χ2v) is 8.22. The molecule has 1 N–H and O–H groups in total. The molecule has 1 aliphatic rings. The maximum atomic E-state index is 13.3. The van der Waals surface area contributed by atoms with Crippen LogP contribution in [0.25, 0.3) is 10.9 Å². The molecule has 2 aromatic carbocycles. The fraction of sp³-hybridized carbons (Fsp3) is 0.360. The number of benzene rings is 2. The van der Waals surface area contributed by atoms with Crippen LogP contribution in [0.3, 0.4) is 0 Å². The van der Waals surface area contributed by atoms with Crippen LogP contribution in [0.1, 0.15) is 35.4 Å². The molecule has 0 radical (unpaired) electrons. The number of para-hydroxylation sites is 1. The first kappa shape index (κ1) is 23.3. The summed E-state index contributed by atoms with van der Waals surface area (Å²) < 4.78 is 12.1. The van der Waals surface area contributed by atoms with Gasteiger partial charge in [-0.3, -0.25) is 19.0 Å². The average Bonchev–Trinajstić information content (AvgIpc) is 2.86. The number of amides is 2. The summed E-state index contributed by atoms with van der Waals surface area (Å²) in [5.41, 5.74) is 0.900.